The normalized spacial score (nSPS) is 14.8. The molecule has 0 spiro atoms. The molecule has 0 radical (unpaired) electrons. The van der Waals surface area contributed by atoms with Crippen LogP contribution in [0.15, 0.2) is 52.3 Å². The average Bonchev–Trinajstić information content (AvgIpc) is 3.15. The van der Waals surface area contributed by atoms with Gasteiger partial charge in [-0.15, -0.1) is 10.2 Å². The van der Waals surface area contributed by atoms with Crippen LogP contribution in [0.4, 0.5) is 0 Å². The quantitative estimate of drug-likeness (QED) is 0.505. The van der Waals surface area contributed by atoms with Crippen LogP contribution >= 0.6 is 0 Å². The summed E-state index contributed by atoms with van der Waals surface area (Å²) in [6, 6.07) is 10.9. The lowest BCUT2D eigenvalue weighted by atomic mass is 10.0. The first-order valence-electron chi connectivity index (χ1n) is 8.84. The van der Waals surface area contributed by atoms with E-state index in [4.69, 9.17) is 0 Å². The van der Waals surface area contributed by atoms with Crippen molar-refractivity contribution >= 4 is 15.6 Å². The van der Waals surface area contributed by atoms with E-state index < -0.39 is 9.84 Å². The van der Waals surface area contributed by atoms with Crippen LogP contribution in [0.1, 0.15) is 22.3 Å². The fourth-order valence-corrected chi connectivity index (χ4v) is 4.88. The molecule has 144 valence electrons. The Morgan fingerprint density at radius 3 is 2.57 bits per heavy atom. The maximum absolute atomic E-state index is 13.0. The third-order valence-electron chi connectivity index (χ3n) is 4.61. The molecule has 0 saturated heterocycles. The number of fused-ring (bicyclic) bond motifs is 2. The summed E-state index contributed by atoms with van der Waals surface area (Å²) < 4.78 is 26.0. The molecule has 2 heterocycles. The van der Waals surface area contributed by atoms with Gasteiger partial charge in [0.15, 0.2) is 5.78 Å². The van der Waals surface area contributed by atoms with Gasteiger partial charge in [-0.2, -0.15) is 4.80 Å². The molecular weight excluding hydrogens is 378 g/mol. The van der Waals surface area contributed by atoms with Gasteiger partial charge >= 0.3 is 0 Å². The Morgan fingerprint density at radius 1 is 1.04 bits per heavy atom. The smallest absolute Gasteiger partial charge is 0.208 e. The van der Waals surface area contributed by atoms with E-state index in [1.807, 2.05) is 14.1 Å². The summed E-state index contributed by atoms with van der Waals surface area (Å²) >= 11 is 0. The molecule has 9 heteroatoms. The summed E-state index contributed by atoms with van der Waals surface area (Å²) in [6.07, 6.45) is 0.868. The highest BCUT2D eigenvalue weighted by Crippen LogP contribution is 2.35. The van der Waals surface area contributed by atoms with Crippen LogP contribution < -0.4 is 0 Å². The molecule has 0 N–H and O–H groups in total. The Bertz CT molecular complexity index is 1170. The first-order chi connectivity index (χ1) is 13.4. The molecule has 0 fully saturated rings. The minimum Gasteiger partial charge on any atom is -0.309 e. The molecule has 0 amide bonds. The molecule has 0 bridgehead atoms. The lowest BCUT2D eigenvalue weighted by Gasteiger charge is -2.18. The molecule has 1 aliphatic heterocycles. The zero-order valence-corrected chi connectivity index (χ0v) is 16.3. The largest absolute Gasteiger partial charge is 0.309 e. The van der Waals surface area contributed by atoms with Crippen molar-refractivity contribution in [1.82, 2.24) is 25.1 Å². The summed E-state index contributed by atoms with van der Waals surface area (Å²) in [5, 5.41) is 12.4. The van der Waals surface area contributed by atoms with Crippen LogP contribution in [0.25, 0.3) is 11.4 Å². The highest BCUT2D eigenvalue weighted by atomic mass is 32.2. The highest BCUT2D eigenvalue weighted by molar-refractivity contribution is 7.91. The van der Waals surface area contributed by atoms with E-state index in [1.165, 1.54) is 29.1 Å². The molecule has 0 unspecified atom stereocenters. The maximum atomic E-state index is 13.0. The van der Waals surface area contributed by atoms with Gasteiger partial charge in [-0.1, -0.05) is 18.2 Å². The van der Waals surface area contributed by atoms with Gasteiger partial charge in [-0.05, 0) is 56.5 Å². The molecule has 0 aliphatic carbocycles. The van der Waals surface area contributed by atoms with Gasteiger partial charge in [0.2, 0.25) is 15.7 Å². The summed E-state index contributed by atoms with van der Waals surface area (Å²) in [5.74, 6) is 0.0291. The van der Waals surface area contributed by atoms with Crippen molar-refractivity contribution in [1.29, 1.82) is 0 Å². The van der Waals surface area contributed by atoms with Gasteiger partial charge in [0.1, 0.15) is 0 Å². The Morgan fingerprint density at radius 2 is 1.79 bits per heavy atom. The van der Waals surface area contributed by atoms with E-state index >= 15 is 0 Å². The van der Waals surface area contributed by atoms with Gasteiger partial charge in [0.25, 0.3) is 0 Å². The zero-order chi connectivity index (χ0) is 19.9. The number of nitrogens with zero attached hydrogens (tertiary/aromatic N) is 5. The van der Waals surface area contributed by atoms with Crippen LogP contribution in [0.5, 0.6) is 0 Å². The number of carbonyl (C=O) groups is 1. The van der Waals surface area contributed by atoms with Crippen LogP contribution in [-0.4, -0.2) is 59.9 Å². The van der Waals surface area contributed by atoms with Crippen molar-refractivity contribution in [2.24, 2.45) is 0 Å². The predicted octanol–water partition coefficient (Wildman–Crippen LogP) is 1.67. The number of rotatable bonds is 5. The molecule has 1 aromatic heterocycles. The Balaban J connectivity index is 1.69. The Kier molecular flexibility index (Phi) is 4.56. The monoisotopic (exact) mass is 397 g/mol. The van der Waals surface area contributed by atoms with Gasteiger partial charge < -0.3 is 4.90 Å². The Labute approximate surface area is 162 Å². The fraction of sp³-hybridized carbons (Fsp3) is 0.263. The highest BCUT2D eigenvalue weighted by Gasteiger charge is 2.34. The van der Waals surface area contributed by atoms with Crippen LogP contribution in [0, 0.1) is 0 Å². The predicted molar refractivity (Wildman–Crippen MR) is 102 cm³/mol. The number of aryl methyl sites for hydroxylation is 1. The fourth-order valence-electron chi connectivity index (χ4n) is 3.21. The lowest BCUT2D eigenvalue weighted by Crippen LogP contribution is -2.20. The van der Waals surface area contributed by atoms with Crippen LogP contribution in [-0.2, 0) is 16.4 Å². The standard InChI is InChI=1S/C19H19N5O3S/c1-23(2)10-5-11-24-21-19(20-22-24)13-8-9-15-17(12-13)28(26,27)16-7-4-3-6-14(16)18(15)25/h3-4,6-9,12H,5,10-11H2,1-2H3. The van der Waals surface area contributed by atoms with Crippen LogP contribution in [0.2, 0.25) is 0 Å². The number of hydrogen-bond acceptors (Lipinski definition) is 7. The van der Waals surface area contributed by atoms with E-state index in [-0.39, 0.29) is 26.7 Å². The number of benzene rings is 2. The lowest BCUT2D eigenvalue weighted by molar-refractivity contribution is 0.103. The summed E-state index contributed by atoms with van der Waals surface area (Å²) in [6.45, 7) is 1.51. The van der Waals surface area contributed by atoms with Crippen molar-refractivity contribution in [2.45, 2.75) is 22.8 Å². The topological polar surface area (TPSA) is 98.0 Å². The first kappa shape index (κ1) is 18.5. The van der Waals surface area contributed by atoms with E-state index in [1.54, 1.807) is 18.2 Å². The molecule has 28 heavy (non-hydrogen) atoms. The molecular formula is C19H19N5O3S. The van der Waals surface area contributed by atoms with Crippen molar-refractivity contribution < 1.29 is 13.2 Å². The van der Waals surface area contributed by atoms with Gasteiger partial charge in [0, 0.05) is 16.7 Å². The number of hydrogen-bond donors (Lipinski definition) is 0. The van der Waals surface area contributed by atoms with Gasteiger partial charge in [0.05, 0.1) is 16.3 Å². The number of ketones is 1. The van der Waals surface area contributed by atoms with E-state index in [0.717, 1.165) is 13.0 Å². The molecule has 0 saturated carbocycles. The third kappa shape index (κ3) is 3.12. The molecule has 2 aromatic carbocycles. The minimum absolute atomic E-state index is 0.0161. The number of sulfone groups is 1. The van der Waals surface area contributed by atoms with Gasteiger partial charge in [-0.3, -0.25) is 4.79 Å². The van der Waals surface area contributed by atoms with Crippen LogP contribution in [0.3, 0.4) is 0 Å². The summed E-state index contributed by atoms with van der Waals surface area (Å²) in [5.41, 5.74) is 0.877. The summed E-state index contributed by atoms with van der Waals surface area (Å²) in [7, 11) is 0.196. The average molecular weight is 397 g/mol. The second kappa shape index (κ2) is 6.92. The first-order valence-corrected chi connectivity index (χ1v) is 10.3. The summed E-state index contributed by atoms with van der Waals surface area (Å²) in [4.78, 5) is 16.3. The number of aromatic nitrogens is 4. The minimum atomic E-state index is -3.79. The molecule has 1 aliphatic rings. The molecule has 8 nitrogen and oxygen atoms in total. The van der Waals surface area contributed by atoms with E-state index in [2.05, 4.69) is 20.3 Å². The molecule has 0 atom stereocenters. The van der Waals surface area contributed by atoms with E-state index in [0.29, 0.717) is 17.9 Å². The second-order valence-corrected chi connectivity index (χ2v) is 8.79. The molecule has 3 aromatic rings. The van der Waals surface area contributed by atoms with Gasteiger partial charge in [-0.25, -0.2) is 8.42 Å². The van der Waals surface area contributed by atoms with Crippen molar-refractivity contribution in [2.75, 3.05) is 20.6 Å². The third-order valence-corrected chi connectivity index (χ3v) is 6.46. The van der Waals surface area contributed by atoms with E-state index in [9.17, 15) is 13.2 Å². The molecule has 4 rings (SSSR count). The Hall–Kier alpha value is -2.91. The van der Waals surface area contributed by atoms with Crippen molar-refractivity contribution in [3.05, 3.63) is 53.6 Å². The number of tetrazole rings is 1. The number of carbonyl (C=O) groups excluding carboxylic acids is 1. The van der Waals surface area contributed by atoms with Crippen molar-refractivity contribution in [3.63, 3.8) is 0 Å². The second-order valence-electron chi connectivity index (χ2n) is 6.91. The zero-order valence-electron chi connectivity index (χ0n) is 15.5. The van der Waals surface area contributed by atoms with Crippen molar-refractivity contribution in [3.8, 4) is 11.4 Å². The SMILES string of the molecule is CN(C)CCCn1nnc(-c2ccc3c(c2)S(=O)(=O)c2ccccc2C3=O)n1. The maximum Gasteiger partial charge on any atom is 0.208 e.